The molecule has 0 aliphatic carbocycles. The van der Waals surface area contributed by atoms with Crippen molar-refractivity contribution in [1.82, 2.24) is 0 Å². The minimum Gasteiger partial charge on any atom is -0.457 e. The van der Waals surface area contributed by atoms with Gasteiger partial charge in [-0.2, -0.15) is 0 Å². The maximum Gasteiger partial charge on any atom is 0.306 e. The zero-order valence-electron chi connectivity index (χ0n) is 45.4. The number of hydrogen-bond donors (Lipinski definition) is 7. The SMILES string of the molecule is CCCCCCC/C=C\C/C=C\CCCCCCCCCCCCCCOCC(COC1OC(COC2OC(CO)C(O)C(O)C2O)C(O)C(O)C1O)OC(=O)CCCCCCCCCCCCCCCC. The average Bonchev–Trinajstić information content (AvgIpc) is 3.38. The first-order valence-electron chi connectivity index (χ1n) is 29.4. The van der Waals surface area contributed by atoms with E-state index in [0.717, 1.165) is 44.9 Å². The molecule has 7 N–H and O–H groups in total. The number of aliphatic hydroxyl groups excluding tert-OH is 7. The van der Waals surface area contributed by atoms with E-state index in [2.05, 4.69) is 38.2 Å². The molecule has 2 heterocycles. The number of carbonyl (C=O) groups is 1. The summed E-state index contributed by atoms with van der Waals surface area (Å²) in [7, 11) is 0. The molecule has 11 unspecified atom stereocenters. The van der Waals surface area contributed by atoms with Crippen LogP contribution in [0.1, 0.15) is 239 Å². The molecule has 11 atom stereocenters. The van der Waals surface area contributed by atoms with Crippen LogP contribution in [0.2, 0.25) is 0 Å². The Morgan fingerprint density at radius 1 is 0.458 bits per heavy atom. The molecule has 14 nitrogen and oxygen atoms in total. The number of esters is 1. The van der Waals surface area contributed by atoms with E-state index < -0.39 is 80.7 Å². The number of allylic oxidation sites excluding steroid dienone is 4. The van der Waals surface area contributed by atoms with Gasteiger partial charge in [-0.3, -0.25) is 4.79 Å². The molecule has 0 aromatic heterocycles. The summed E-state index contributed by atoms with van der Waals surface area (Å²) in [5.41, 5.74) is 0. The van der Waals surface area contributed by atoms with Crippen molar-refractivity contribution in [3.63, 3.8) is 0 Å². The van der Waals surface area contributed by atoms with E-state index in [9.17, 15) is 40.5 Å². The normalized spacial score (nSPS) is 25.2. The quantitative estimate of drug-likeness (QED) is 0.0172. The highest BCUT2D eigenvalue weighted by molar-refractivity contribution is 5.69. The molecule has 2 saturated heterocycles. The predicted molar refractivity (Wildman–Crippen MR) is 284 cm³/mol. The molecule has 2 aliphatic rings. The van der Waals surface area contributed by atoms with Gasteiger partial charge in [0.25, 0.3) is 0 Å². The minimum absolute atomic E-state index is 0.0653. The molecule has 2 fully saturated rings. The van der Waals surface area contributed by atoms with E-state index in [4.69, 9.17) is 28.4 Å². The Hall–Kier alpha value is -1.53. The van der Waals surface area contributed by atoms with Gasteiger partial charge >= 0.3 is 5.97 Å². The zero-order chi connectivity index (χ0) is 52.3. The van der Waals surface area contributed by atoms with Crippen molar-refractivity contribution in [1.29, 1.82) is 0 Å². The van der Waals surface area contributed by atoms with Crippen LogP contribution in [0.4, 0.5) is 0 Å². The van der Waals surface area contributed by atoms with Gasteiger partial charge in [-0.05, 0) is 44.9 Å². The molecule has 72 heavy (non-hydrogen) atoms. The summed E-state index contributed by atoms with van der Waals surface area (Å²) >= 11 is 0. The third kappa shape index (κ3) is 32.1. The molecule has 0 saturated carbocycles. The monoisotopic (exact) mass is 1030 g/mol. The molecule has 0 amide bonds. The molecule has 0 aromatic carbocycles. The van der Waals surface area contributed by atoms with E-state index in [0.29, 0.717) is 13.0 Å². The first-order valence-corrected chi connectivity index (χ1v) is 29.4. The predicted octanol–water partition coefficient (Wildman–Crippen LogP) is 10.4. The highest BCUT2D eigenvalue weighted by atomic mass is 16.7. The standard InChI is InChI=1S/C58H108O14/c1-3-5-7-9-11-13-15-17-19-20-21-22-23-24-25-26-27-28-30-32-34-36-38-40-42-67-44-47(70-50(60)41-39-37-35-33-31-29-18-16-14-12-10-8-6-4-2)45-68-57-56(66)54(64)52(62)49(72-57)46-69-58-55(65)53(63)51(61)48(43-59)71-58/h15,17,20-21,47-49,51-59,61-66H,3-14,16,18-19,22-46H2,1-2H3/b17-15-,21-20-. The molecule has 14 heteroatoms. The molecule has 2 rings (SSSR count). The fourth-order valence-electron chi connectivity index (χ4n) is 9.44. The summed E-state index contributed by atoms with van der Waals surface area (Å²) < 4.78 is 34.4. The third-order valence-electron chi connectivity index (χ3n) is 14.2. The molecule has 2 aliphatic heterocycles. The average molecular weight is 1030 g/mol. The Kier molecular flexibility index (Phi) is 42.2. The van der Waals surface area contributed by atoms with Crippen molar-refractivity contribution in [3.8, 4) is 0 Å². The van der Waals surface area contributed by atoms with Crippen LogP contribution in [0, 0.1) is 0 Å². The van der Waals surface area contributed by atoms with Gasteiger partial charge in [-0.15, -0.1) is 0 Å². The number of aliphatic hydroxyl groups is 7. The van der Waals surface area contributed by atoms with E-state index >= 15 is 0 Å². The van der Waals surface area contributed by atoms with Gasteiger partial charge in [-0.25, -0.2) is 0 Å². The largest absolute Gasteiger partial charge is 0.457 e. The first-order chi connectivity index (χ1) is 35.1. The lowest BCUT2D eigenvalue weighted by Crippen LogP contribution is -2.61. The van der Waals surface area contributed by atoms with E-state index in [-0.39, 0.29) is 25.6 Å². The first kappa shape index (κ1) is 66.6. The molecule has 0 bridgehead atoms. The van der Waals surface area contributed by atoms with Crippen LogP contribution >= 0.6 is 0 Å². The van der Waals surface area contributed by atoms with E-state index in [1.54, 1.807) is 0 Å². The Bertz CT molecular complexity index is 1290. The lowest BCUT2D eigenvalue weighted by molar-refractivity contribution is -0.332. The summed E-state index contributed by atoms with van der Waals surface area (Å²) in [5.74, 6) is -0.372. The van der Waals surface area contributed by atoms with Crippen LogP contribution in [0.5, 0.6) is 0 Å². The van der Waals surface area contributed by atoms with Gasteiger partial charge in [0, 0.05) is 13.0 Å². The Balaban J connectivity index is 1.68. The topological polar surface area (TPSA) is 214 Å². The number of rotatable bonds is 48. The second-order valence-electron chi connectivity index (χ2n) is 20.8. The van der Waals surface area contributed by atoms with Gasteiger partial charge in [0.15, 0.2) is 12.6 Å². The van der Waals surface area contributed by atoms with Crippen LogP contribution in [-0.4, -0.2) is 142 Å². The Morgan fingerprint density at radius 3 is 1.33 bits per heavy atom. The van der Waals surface area contributed by atoms with Crippen LogP contribution in [0.3, 0.4) is 0 Å². The van der Waals surface area contributed by atoms with Crippen molar-refractivity contribution in [2.24, 2.45) is 0 Å². The second-order valence-corrected chi connectivity index (χ2v) is 20.8. The highest BCUT2D eigenvalue weighted by Gasteiger charge is 2.47. The highest BCUT2D eigenvalue weighted by Crippen LogP contribution is 2.27. The van der Waals surface area contributed by atoms with Crippen LogP contribution in [-0.2, 0) is 33.2 Å². The molecule has 0 aromatic rings. The summed E-state index contributed by atoms with van der Waals surface area (Å²) in [6.45, 7) is 3.72. The second kappa shape index (κ2) is 45.6. The van der Waals surface area contributed by atoms with Gasteiger partial charge < -0.3 is 64.2 Å². The fraction of sp³-hybridized carbons (Fsp3) is 0.914. The Labute approximate surface area is 437 Å². The van der Waals surface area contributed by atoms with Gasteiger partial charge in [-0.1, -0.05) is 212 Å². The summed E-state index contributed by atoms with van der Waals surface area (Å²) in [4.78, 5) is 13.0. The van der Waals surface area contributed by atoms with Crippen LogP contribution < -0.4 is 0 Å². The van der Waals surface area contributed by atoms with Gasteiger partial charge in [0.2, 0.25) is 0 Å². The van der Waals surface area contributed by atoms with E-state index in [1.165, 1.54) is 167 Å². The lowest BCUT2D eigenvalue weighted by atomic mass is 9.98. The maximum absolute atomic E-state index is 13.0. The van der Waals surface area contributed by atoms with Crippen molar-refractivity contribution in [3.05, 3.63) is 24.3 Å². The molecule has 424 valence electrons. The smallest absolute Gasteiger partial charge is 0.306 e. The number of carbonyl (C=O) groups excluding carboxylic acids is 1. The lowest BCUT2D eigenvalue weighted by Gasteiger charge is -2.42. The molecule has 0 radical (unpaired) electrons. The van der Waals surface area contributed by atoms with Crippen LogP contribution in [0.25, 0.3) is 0 Å². The van der Waals surface area contributed by atoms with Gasteiger partial charge in [0.05, 0.1) is 26.4 Å². The van der Waals surface area contributed by atoms with E-state index in [1.807, 2.05) is 0 Å². The van der Waals surface area contributed by atoms with Crippen molar-refractivity contribution in [2.45, 2.75) is 306 Å². The van der Waals surface area contributed by atoms with Gasteiger partial charge in [0.1, 0.15) is 54.9 Å². The summed E-state index contributed by atoms with van der Waals surface area (Å²) in [6, 6.07) is 0. The zero-order valence-corrected chi connectivity index (χ0v) is 45.4. The Morgan fingerprint density at radius 2 is 0.861 bits per heavy atom. The molecule has 0 spiro atoms. The fourth-order valence-corrected chi connectivity index (χ4v) is 9.44. The summed E-state index contributed by atoms with van der Waals surface area (Å²) in [6.07, 6.45) is 35.3. The number of hydrogen-bond acceptors (Lipinski definition) is 14. The maximum atomic E-state index is 13.0. The summed E-state index contributed by atoms with van der Waals surface area (Å²) in [5, 5.41) is 72.3. The number of ether oxygens (including phenoxy) is 6. The third-order valence-corrected chi connectivity index (χ3v) is 14.2. The minimum atomic E-state index is -1.70. The number of unbranched alkanes of at least 4 members (excludes halogenated alkanes) is 30. The molecular formula is C58H108O14. The van der Waals surface area contributed by atoms with Crippen LogP contribution in [0.15, 0.2) is 24.3 Å². The van der Waals surface area contributed by atoms with Crippen molar-refractivity contribution in [2.75, 3.05) is 33.0 Å². The molecular weight excluding hydrogens is 921 g/mol. The van der Waals surface area contributed by atoms with Crippen molar-refractivity contribution >= 4 is 5.97 Å². The van der Waals surface area contributed by atoms with Crippen molar-refractivity contribution < 1.29 is 69.0 Å².